The molecule has 2 aromatic rings. The number of hydrogen-bond donors (Lipinski definition) is 0. The number of carbonyl (C=O) groups excluding carboxylic acids is 2. The van der Waals surface area contributed by atoms with Crippen molar-refractivity contribution in [3.05, 3.63) is 46.8 Å². The van der Waals surface area contributed by atoms with Gasteiger partial charge in [0.1, 0.15) is 11.6 Å². The maximum absolute atomic E-state index is 13.7. The first-order valence-corrected chi connectivity index (χ1v) is 6.23. The molecule has 0 fully saturated rings. The Balaban J connectivity index is 2.07. The minimum atomic E-state index is -1.02. The van der Waals surface area contributed by atoms with Gasteiger partial charge in [-0.15, -0.1) is 0 Å². The van der Waals surface area contributed by atoms with Crippen LogP contribution >= 0.6 is 0 Å². The first-order valence-electron chi connectivity index (χ1n) is 6.23. The smallest absolute Gasteiger partial charge is 0.299 e. The van der Waals surface area contributed by atoms with Gasteiger partial charge in [-0.2, -0.15) is 5.10 Å². The third-order valence-electron chi connectivity index (χ3n) is 3.41. The fourth-order valence-corrected chi connectivity index (χ4v) is 2.47. The second kappa shape index (κ2) is 4.47. The van der Waals surface area contributed by atoms with Crippen LogP contribution in [0.2, 0.25) is 0 Å². The van der Waals surface area contributed by atoms with Gasteiger partial charge < -0.3 is 0 Å². The lowest BCUT2D eigenvalue weighted by Crippen LogP contribution is -2.30. The number of rotatable bonds is 2. The maximum Gasteiger partial charge on any atom is 0.299 e. The Bertz CT molecular complexity index is 783. The van der Waals surface area contributed by atoms with Gasteiger partial charge in [-0.3, -0.25) is 19.2 Å². The van der Waals surface area contributed by atoms with Gasteiger partial charge in [0, 0.05) is 13.1 Å². The minimum absolute atomic E-state index is 0.0256. The lowest BCUT2D eigenvalue weighted by molar-refractivity contribution is -0.114. The van der Waals surface area contributed by atoms with Crippen LogP contribution in [0.5, 0.6) is 0 Å². The summed E-state index contributed by atoms with van der Waals surface area (Å²) in [6.45, 7) is 1.81. The third-order valence-corrected chi connectivity index (χ3v) is 3.41. The molecule has 3 rings (SSSR count). The number of benzene rings is 1. The van der Waals surface area contributed by atoms with Gasteiger partial charge in [0.05, 0.1) is 29.2 Å². The SMILES string of the molecule is Cc1cc(CN2C(=O)C(=O)c3c(F)cc(F)cc32)n(C)n1. The van der Waals surface area contributed by atoms with E-state index in [1.165, 1.54) is 0 Å². The summed E-state index contributed by atoms with van der Waals surface area (Å²) >= 11 is 0. The number of carbonyl (C=O) groups is 2. The van der Waals surface area contributed by atoms with Gasteiger partial charge in [-0.1, -0.05) is 0 Å². The molecule has 0 unspecified atom stereocenters. The molecule has 1 aliphatic heterocycles. The lowest BCUT2D eigenvalue weighted by atomic mass is 10.1. The monoisotopic (exact) mass is 291 g/mol. The topological polar surface area (TPSA) is 55.2 Å². The highest BCUT2D eigenvalue weighted by atomic mass is 19.1. The Morgan fingerprint density at radius 2 is 1.90 bits per heavy atom. The van der Waals surface area contributed by atoms with Crippen molar-refractivity contribution in [3.8, 4) is 0 Å². The van der Waals surface area contributed by atoms with Gasteiger partial charge in [0.2, 0.25) is 0 Å². The van der Waals surface area contributed by atoms with E-state index in [-0.39, 0.29) is 17.8 Å². The Kier molecular flexibility index (Phi) is 2.86. The molecule has 0 spiro atoms. The standard InChI is InChI=1S/C14H11F2N3O2/c1-7-3-9(18(2)17-7)6-19-11-5-8(15)4-10(16)12(11)13(20)14(19)21/h3-5H,6H2,1-2H3. The minimum Gasteiger partial charge on any atom is -0.299 e. The molecule has 21 heavy (non-hydrogen) atoms. The zero-order valence-electron chi connectivity index (χ0n) is 11.4. The molecule has 0 atom stereocenters. The van der Waals surface area contributed by atoms with Crippen LogP contribution in [0.25, 0.3) is 0 Å². The fourth-order valence-electron chi connectivity index (χ4n) is 2.47. The number of Topliss-reactive ketones (excluding diaryl/α,β-unsaturated/α-hetero) is 1. The predicted molar refractivity (Wildman–Crippen MR) is 69.8 cm³/mol. The van der Waals surface area contributed by atoms with E-state index >= 15 is 0 Å². The fraction of sp³-hybridized carbons (Fsp3) is 0.214. The van der Waals surface area contributed by atoms with Gasteiger partial charge in [0.15, 0.2) is 0 Å². The quantitative estimate of drug-likeness (QED) is 0.792. The predicted octanol–water partition coefficient (Wildman–Crippen LogP) is 1.74. The highest BCUT2D eigenvalue weighted by molar-refractivity contribution is 6.52. The molecule has 2 heterocycles. The Morgan fingerprint density at radius 3 is 2.52 bits per heavy atom. The van der Waals surface area contributed by atoms with Crippen molar-refractivity contribution in [1.29, 1.82) is 0 Å². The summed E-state index contributed by atoms with van der Waals surface area (Å²) in [4.78, 5) is 24.9. The Morgan fingerprint density at radius 1 is 1.19 bits per heavy atom. The van der Waals surface area contributed by atoms with Crippen LogP contribution in [0.4, 0.5) is 14.5 Å². The summed E-state index contributed by atoms with van der Waals surface area (Å²) in [5.41, 5.74) is 0.990. The number of amides is 1. The second-order valence-electron chi connectivity index (χ2n) is 4.90. The summed E-state index contributed by atoms with van der Waals surface area (Å²) in [7, 11) is 1.69. The summed E-state index contributed by atoms with van der Waals surface area (Å²) in [5.74, 6) is -3.68. The first kappa shape index (κ1) is 13.4. The summed E-state index contributed by atoms with van der Waals surface area (Å²) in [6.07, 6.45) is 0. The van der Waals surface area contributed by atoms with Crippen molar-refractivity contribution in [1.82, 2.24) is 9.78 Å². The molecule has 1 amide bonds. The highest BCUT2D eigenvalue weighted by Gasteiger charge is 2.39. The van der Waals surface area contributed by atoms with E-state index in [0.717, 1.165) is 16.7 Å². The number of hydrogen-bond acceptors (Lipinski definition) is 3. The van der Waals surface area contributed by atoms with Crippen LogP contribution in [0.3, 0.4) is 0 Å². The molecule has 0 bridgehead atoms. The van der Waals surface area contributed by atoms with Crippen LogP contribution in [-0.4, -0.2) is 21.5 Å². The average Bonchev–Trinajstić information content (AvgIpc) is 2.82. The van der Waals surface area contributed by atoms with E-state index in [1.54, 1.807) is 24.7 Å². The number of aryl methyl sites for hydroxylation is 2. The van der Waals surface area contributed by atoms with Crippen molar-refractivity contribution in [2.24, 2.45) is 7.05 Å². The summed E-state index contributed by atoms with van der Waals surface area (Å²) < 4.78 is 28.6. The van der Waals surface area contributed by atoms with Gasteiger partial charge >= 0.3 is 0 Å². The molecule has 0 saturated carbocycles. The molecule has 5 nitrogen and oxygen atoms in total. The van der Waals surface area contributed by atoms with Gasteiger partial charge in [-0.05, 0) is 19.1 Å². The molecule has 1 aromatic heterocycles. The zero-order valence-corrected chi connectivity index (χ0v) is 11.4. The van der Waals surface area contributed by atoms with Crippen molar-refractivity contribution in [3.63, 3.8) is 0 Å². The summed E-state index contributed by atoms with van der Waals surface area (Å²) in [6, 6.07) is 3.33. The number of halogens is 2. The molecule has 1 aromatic carbocycles. The molecule has 108 valence electrons. The number of anilines is 1. The van der Waals surface area contributed by atoms with E-state index < -0.39 is 23.3 Å². The maximum atomic E-state index is 13.7. The molecule has 0 aliphatic carbocycles. The van der Waals surface area contributed by atoms with Gasteiger partial charge in [-0.25, -0.2) is 8.78 Å². The van der Waals surface area contributed by atoms with E-state index in [4.69, 9.17) is 0 Å². The van der Waals surface area contributed by atoms with Crippen LogP contribution < -0.4 is 4.90 Å². The van der Waals surface area contributed by atoms with E-state index in [1.807, 2.05) is 0 Å². The van der Waals surface area contributed by atoms with Crippen molar-refractivity contribution >= 4 is 17.4 Å². The molecular weight excluding hydrogens is 280 g/mol. The lowest BCUT2D eigenvalue weighted by Gasteiger charge is -2.16. The largest absolute Gasteiger partial charge is 0.299 e. The van der Waals surface area contributed by atoms with Crippen LogP contribution in [0.15, 0.2) is 18.2 Å². The molecule has 0 N–H and O–H groups in total. The molecular formula is C14H11F2N3O2. The first-order chi connectivity index (χ1) is 9.88. The van der Waals surface area contributed by atoms with Crippen LogP contribution in [0.1, 0.15) is 21.7 Å². The number of fused-ring (bicyclic) bond motifs is 1. The normalized spacial score (nSPS) is 14.0. The Hall–Kier alpha value is -2.57. The molecule has 7 heteroatoms. The van der Waals surface area contributed by atoms with E-state index in [0.29, 0.717) is 11.8 Å². The third kappa shape index (κ3) is 2.01. The van der Waals surface area contributed by atoms with E-state index in [2.05, 4.69) is 5.10 Å². The Labute approximate surface area is 118 Å². The van der Waals surface area contributed by atoms with Crippen molar-refractivity contribution in [2.45, 2.75) is 13.5 Å². The van der Waals surface area contributed by atoms with Crippen molar-refractivity contribution in [2.75, 3.05) is 4.90 Å². The number of nitrogens with zero attached hydrogens (tertiary/aromatic N) is 3. The number of ketones is 1. The summed E-state index contributed by atoms with van der Waals surface area (Å²) in [5, 5.41) is 4.13. The van der Waals surface area contributed by atoms with E-state index in [9.17, 15) is 18.4 Å². The van der Waals surface area contributed by atoms with Crippen LogP contribution in [0, 0.1) is 18.6 Å². The van der Waals surface area contributed by atoms with Crippen molar-refractivity contribution < 1.29 is 18.4 Å². The highest BCUT2D eigenvalue weighted by Crippen LogP contribution is 2.33. The van der Waals surface area contributed by atoms with Crippen LogP contribution in [-0.2, 0) is 18.4 Å². The molecule has 0 radical (unpaired) electrons. The average molecular weight is 291 g/mol. The number of aromatic nitrogens is 2. The molecule has 0 saturated heterocycles. The van der Waals surface area contributed by atoms with Gasteiger partial charge in [0.25, 0.3) is 11.7 Å². The second-order valence-corrected chi connectivity index (χ2v) is 4.90. The zero-order chi connectivity index (χ0) is 15.3. The molecule has 1 aliphatic rings.